The van der Waals surface area contributed by atoms with Crippen LogP contribution in [0.1, 0.15) is 17.0 Å². The van der Waals surface area contributed by atoms with E-state index in [-0.39, 0.29) is 18.3 Å². The highest BCUT2D eigenvalue weighted by atomic mass is 79.9. The van der Waals surface area contributed by atoms with E-state index in [0.29, 0.717) is 22.7 Å². The van der Waals surface area contributed by atoms with Crippen LogP contribution >= 0.6 is 28.3 Å². The Hall–Kier alpha value is -0.520. The molecule has 16 heavy (non-hydrogen) atoms. The number of carbonyl (C=O) groups is 1. The largest absolute Gasteiger partial charge is 0.458 e. The number of hydrogen-bond donors (Lipinski definition) is 2. The Kier molecular flexibility index (Phi) is 5.31. The van der Waals surface area contributed by atoms with Crippen molar-refractivity contribution in [2.75, 3.05) is 19.6 Å². The van der Waals surface area contributed by atoms with Crippen molar-refractivity contribution in [1.29, 1.82) is 0 Å². The van der Waals surface area contributed by atoms with Gasteiger partial charge in [-0.05, 0) is 47.4 Å². The molecular weight excluding hydrogens is 295 g/mol. The molecule has 1 aromatic rings. The van der Waals surface area contributed by atoms with E-state index in [0.717, 1.165) is 19.5 Å². The van der Waals surface area contributed by atoms with E-state index in [2.05, 4.69) is 26.6 Å². The lowest BCUT2D eigenvalue weighted by Crippen LogP contribution is -2.30. The van der Waals surface area contributed by atoms with E-state index < -0.39 is 0 Å². The van der Waals surface area contributed by atoms with Crippen LogP contribution in [0.4, 0.5) is 0 Å². The molecule has 1 aliphatic heterocycles. The molecule has 1 aliphatic rings. The lowest BCUT2D eigenvalue weighted by Gasteiger charge is -2.08. The van der Waals surface area contributed by atoms with E-state index >= 15 is 0 Å². The summed E-state index contributed by atoms with van der Waals surface area (Å²) in [6.45, 7) is 2.74. The van der Waals surface area contributed by atoms with Gasteiger partial charge in [0.15, 0.2) is 0 Å². The van der Waals surface area contributed by atoms with E-state index in [1.165, 1.54) is 6.26 Å². The number of halogens is 2. The summed E-state index contributed by atoms with van der Waals surface area (Å²) in [6.07, 6.45) is 2.62. The Balaban J connectivity index is 0.00000128. The number of amides is 1. The summed E-state index contributed by atoms with van der Waals surface area (Å²) in [5, 5.41) is 6.12. The maximum Gasteiger partial charge on any atom is 0.288 e. The molecule has 1 amide bonds. The molecule has 0 saturated carbocycles. The van der Waals surface area contributed by atoms with Gasteiger partial charge in [-0.25, -0.2) is 0 Å². The second kappa shape index (κ2) is 6.27. The van der Waals surface area contributed by atoms with Crippen LogP contribution in [0.3, 0.4) is 0 Å². The Bertz CT molecular complexity index is 350. The van der Waals surface area contributed by atoms with E-state index in [1.54, 1.807) is 6.07 Å². The zero-order chi connectivity index (χ0) is 10.7. The first-order chi connectivity index (χ1) is 7.27. The van der Waals surface area contributed by atoms with Crippen LogP contribution in [0.5, 0.6) is 0 Å². The summed E-state index contributed by atoms with van der Waals surface area (Å²) in [6, 6.07) is 1.71. The first kappa shape index (κ1) is 13.5. The molecule has 2 rings (SSSR count). The normalized spacial score (nSPS) is 19.2. The minimum absolute atomic E-state index is 0. The molecule has 0 bridgehead atoms. The van der Waals surface area contributed by atoms with Crippen molar-refractivity contribution in [3.05, 3.63) is 22.6 Å². The average Bonchev–Trinajstić information content (AvgIpc) is 2.84. The Morgan fingerprint density at radius 3 is 3.06 bits per heavy atom. The predicted octanol–water partition coefficient (Wildman–Crippen LogP) is 1.80. The third-order valence-electron chi connectivity index (χ3n) is 2.54. The fourth-order valence-corrected chi connectivity index (χ4v) is 2.04. The van der Waals surface area contributed by atoms with Gasteiger partial charge in [-0.3, -0.25) is 4.79 Å². The van der Waals surface area contributed by atoms with Crippen LogP contribution in [0.15, 0.2) is 21.2 Å². The highest BCUT2D eigenvalue weighted by Crippen LogP contribution is 2.17. The van der Waals surface area contributed by atoms with E-state index in [1.807, 2.05) is 0 Å². The third kappa shape index (κ3) is 3.23. The quantitative estimate of drug-likeness (QED) is 0.895. The maximum absolute atomic E-state index is 11.6. The molecule has 4 nitrogen and oxygen atoms in total. The first-order valence-electron chi connectivity index (χ1n) is 4.99. The minimum atomic E-state index is -0.154. The Morgan fingerprint density at radius 1 is 1.69 bits per heavy atom. The minimum Gasteiger partial charge on any atom is -0.458 e. The molecule has 1 saturated heterocycles. The standard InChI is InChI=1S/C10H13BrN2O2.ClH/c11-8-2-4-15-9(8)10(14)13-6-7-1-3-12-5-7;/h2,4,7,12H,1,3,5-6H2,(H,13,14);1H. The average molecular weight is 310 g/mol. The zero-order valence-corrected chi connectivity index (χ0v) is 11.1. The molecule has 0 aromatic carbocycles. The Labute approximate surface area is 109 Å². The van der Waals surface area contributed by atoms with Gasteiger partial charge in [0.1, 0.15) is 0 Å². The fraction of sp³-hybridized carbons (Fsp3) is 0.500. The molecule has 1 atom stereocenters. The molecule has 6 heteroatoms. The summed E-state index contributed by atoms with van der Waals surface area (Å²) < 4.78 is 5.77. The number of furan rings is 1. The van der Waals surface area contributed by atoms with Gasteiger partial charge < -0.3 is 15.1 Å². The molecule has 0 spiro atoms. The maximum atomic E-state index is 11.6. The summed E-state index contributed by atoms with van der Waals surface area (Å²) >= 11 is 3.25. The van der Waals surface area contributed by atoms with Crippen molar-refractivity contribution in [2.45, 2.75) is 6.42 Å². The van der Waals surface area contributed by atoms with Gasteiger partial charge in [0.25, 0.3) is 5.91 Å². The molecule has 0 aliphatic carbocycles. The lowest BCUT2D eigenvalue weighted by molar-refractivity contribution is 0.0919. The van der Waals surface area contributed by atoms with Gasteiger partial charge in [-0.2, -0.15) is 0 Å². The number of nitrogens with one attached hydrogen (secondary N) is 2. The van der Waals surface area contributed by atoms with Crippen molar-refractivity contribution in [2.24, 2.45) is 5.92 Å². The number of hydrogen-bond acceptors (Lipinski definition) is 3. The van der Waals surface area contributed by atoms with Gasteiger partial charge in [0.2, 0.25) is 5.76 Å². The monoisotopic (exact) mass is 308 g/mol. The van der Waals surface area contributed by atoms with Crippen LogP contribution in [0.2, 0.25) is 0 Å². The number of rotatable bonds is 3. The van der Waals surface area contributed by atoms with Crippen LogP contribution in [0, 0.1) is 5.92 Å². The van der Waals surface area contributed by atoms with E-state index in [4.69, 9.17) is 4.42 Å². The number of carbonyl (C=O) groups excluding carboxylic acids is 1. The van der Waals surface area contributed by atoms with Crippen molar-refractivity contribution in [1.82, 2.24) is 10.6 Å². The smallest absolute Gasteiger partial charge is 0.288 e. The summed E-state index contributed by atoms with van der Waals surface area (Å²) in [4.78, 5) is 11.6. The van der Waals surface area contributed by atoms with Gasteiger partial charge in [0.05, 0.1) is 10.7 Å². The van der Waals surface area contributed by atoms with Crippen LogP contribution in [-0.2, 0) is 0 Å². The topological polar surface area (TPSA) is 54.3 Å². The van der Waals surface area contributed by atoms with Gasteiger partial charge >= 0.3 is 0 Å². The van der Waals surface area contributed by atoms with Crippen LogP contribution in [0.25, 0.3) is 0 Å². The first-order valence-corrected chi connectivity index (χ1v) is 5.78. The summed E-state index contributed by atoms with van der Waals surface area (Å²) in [5.41, 5.74) is 0. The molecular formula is C10H14BrClN2O2. The van der Waals surface area contributed by atoms with Crippen LogP contribution < -0.4 is 10.6 Å². The SMILES string of the molecule is Cl.O=C(NCC1CCNC1)c1occc1Br. The summed E-state index contributed by atoms with van der Waals surface area (Å²) in [7, 11) is 0. The van der Waals surface area contributed by atoms with Crippen molar-refractivity contribution < 1.29 is 9.21 Å². The highest BCUT2D eigenvalue weighted by molar-refractivity contribution is 9.10. The second-order valence-electron chi connectivity index (χ2n) is 3.67. The molecule has 2 N–H and O–H groups in total. The van der Waals surface area contributed by atoms with Gasteiger partial charge in [0, 0.05) is 6.54 Å². The molecule has 2 heterocycles. The van der Waals surface area contributed by atoms with Crippen LogP contribution in [-0.4, -0.2) is 25.5 Å². The third-order valence-corrected chi connectivity index (χ3v) is 3.16. The van der Waals surface area contributed by atoms with Gasteiger partial charge in [-0.1, -0.05) is 0 Å². The molecule has 1 fully saturated rings. The van der Waals surface area contributed by atoms with Gasteiger partial charge in [-0.15, -0.1) is 12.4 Å². The fourth-order valence-electron chi connectivity index (χ4n) is 1.66. The van der Waals surface area contributed by atoms with Crippen molar-refractivity contribution >= 4 is 34.2 Å². The molecule has 0 radical (unpaired) electrons. The Morgan fingerprint density at radius 2 is 2.50 bits per heavy atom. The zero-order valence-electron chi connectivity index (χ0n) is 8.66. The highest BCUT2D eigenvalue weighted by Gasteiger charge is 2.18. The lowest BCUT2D eigenvalue weighted by atomic mass is 10.1. The van der Waals surface area contributed by atoms with E-state index in [9.17, 15) is 4.79 Å². The van der Waals surface area contributed by atoms with Crippen molar-refractivity contribution in [3.63, 3.8) is 0 Å². The summed E-state index contributed by atoms with van der Waals surface area (Å²) in [5.74, 6) is 0.738. The van der Waals surface area contributed by atoms with Crippen molar-refractivity contribution in [3.8, 4) is 0 Å². The predicted molar refractivity (Wildman–Crippen MR) is 67.0 cm³/mol. The molecule has 90 valence electrons. The molecule has 1 unspecified atom stereocenters. The second-order valence-corrected chi connectivity index (χ2v) is 4.52. The molecule has 1 aromatic heterocycles.